The summed E-state index contributed by atoms with van der Waals surface area (Å²) in [7, 11) is 0. The van der Waals surface area contributed by atoms with Crippen molar-refractivity contribution in [2.75, 3.05) is 17.2 Å². The van der Waals surface area contributed by atoms with Crippen LogP contribution < -0.4 is 10.6 Å². The number of rotatable bonds is 5. The Balaban J connectivity index is 2.22. The van der Waals surface area contributed by atoms with Crippen molar-refractivity contribution in [3.8, 4) is 0 Å². The van der Waals surface area contributed by atoms with E-state index in [1.165, 1.54) is 12.1 Å². The zero-order valence-corrected chi connectivity index (χ0v) is 15.2. The summed E-state index contributed by atoms with van der Waals surface area (Å²) < 4.78 is 38.8. The highest BCUT2D eigenvalue weighted by Gasteiger charge is 2.33. The Morgan fingerprint density at radius 1 is 1.23 bits per heavy atom. The van der Waals surface area contributed by atoms with E-state index in [1.807, 2.05) is 13.8 Å². The topological polar surface area (TPSA) is 66.9 Å². The molecule has 0 saturated carbocycles. The molecule has 1 aromatic carbocycles. The first-order valence-corrected chi connectivity index (χ1v) is 8.21. The number of halogens is 4. The first-order chi connectivity index (χ1) is 12.1. The second kappa shape index (κ2) is 7.90. The van der Waals surface area contributed by atoms with E-state index in [2.05, 4.69) is 20.6 Å². The van der Waals surface area contributed by atoms with E-state index in [1.54, 1.807) is 6.92 Å². The quantitative estimate of drug-likeness (QED) is 0.776. The molecule has 2 rings (SSSR count). The number of anilines is 2. The van der Waals surface area contributed by atoms with Gasteiger partial charge in [-0.05, 0) is 31.0 Å². The molecule has 0 radical (unpaired) electrons. The molecule has 0 spiro atoms. The minimum atomic E-state index is -4.61. The van der Waals surface area contributed by atoms with E-state index >= 15 is 0 Å². The average Bonchev–Trinajstić information content (AvgIpc) is 2.53. The third-order valence-electron chi connectivity index (χ3n) is 3.29. The lowest BCUT2D eigenvalue weighted by Crippen LogP contribution is -2.17. The number of hydrogen-bond donors (Lipinski definition) is 2. The first kappa shape index (κ1) is 20.0. The summed E-state index contributed by atoms with van der Waals surface area (Å²) in [5.41, 5.74) is -0.998. The van der Waals surface area contributed by atoms with E-state index in [0.29, 0.717) is 24.1 Å². The maximum atomic E-state index is 12.9. The van der Waals surface area contributed by atoms with Gasteiger partial charge in [0, 0.05) is 18.3 Å². The molecule has 1 aromatic heterocycles. The normalized spacial score (nSPS) is 11.5. The van der Waals surface area contributed by atoms with Gasteiger partial charge in [0.25, 0.3) is 5.91 Å². The van der Waals surface area contributed by atoms with Crippen molar-refractivity contribution < 1.29 is 18.0 Å². The molecular formula is C17H18ClF3N4O. The van der Waals surface area contributed by atoms with E-state index < -0.39 is 22.7 Å². The molecule has 2 N–H and O–H groups in total. The lowest BCUT2D eigenvalue weighted by molar-refractivity contribution is -0.137. The number of aryl methyl sites for hydroxylation is 1. The summed E-state index contributed by atoms with van der Waals surface area (Å²) in [5.74, 6) is 0.579. The predicted molar refractivity (Wildman–Crippen MR) is 94.5 cm³/mol. The van der Waals surface area contributed by atoms with Crippen molar-refractivity contribution in [3.05, 3.63) is 46.4 Å². The Kier molecular flexibility index (Phi) is 6.07. The van der Waals surface area contributed by atoms with Gasteiger partial charge < -0.3 is 10.6 Å². The number of carbonyl (C=O) groups is 1. The van der Waals surface area contributed by atoms with Crippen LogP contribution in [0.25, 0.3) is 0 Å². The smallest absolute Gasteiger partial charge is 0.370 e. The second-order valence-corrected chi connectivity index (χ2v) is 6.51. The number of alkyl halides is 3. The van der Waals surface area contributed by atoms with Gasteiger partial charge in [-0.25, -0.2) is 9.97 Å². The molecule has 0 aliphatic rings. The van der Waals surface area contributed by atoms with Crippen LogP contribution in [0.15, 0.2) is 24.3 Å². The molecule has 2 aromatic rings. The molecule has 0 bridgehead atoms. The number of aromatic nitrogens is 2. The number of carbonyl (C=O) groups excluding carboxylic acids is 1. The number of nitrogens with one attached hydrogen (secondary N) is 2. The largest absolute Gasteiger partial charge is 0.417 e. The maximum Gasteiger partial charge on any atom is 0.417 e. The molecule has 0 unspecified atom stereocenters. The Labute approximate surface area is 154 Å². The molecule has 1 amide bonds. The summed E-state index contributed by atoms with van der Waals surface area (Å²) in [6.07, 6.45) is -4.61. The lowest BCUT2D eigenvalue weighted by Gasteiger charge is -2.12. The van der Waals surface area contributed by atoms with Gasteiger partial charge in [0.2, 0.25) is 0 Å². The molecular weight excluding hydrogens is 369 g/mol. The molecule has 5 nitrogen and oxygen atoms in total. The van der Waals surface area contributed by atoms with Gasteiger partial charge in [-0.1, -0.05) is 25.4 Å². The summed E-state index contributed by atoms with van der Waals surface area (Å²) in [6, 6.07) is 4.61. The fourth-order valence-electron chi connectivity index (χ4n) is 2.10. The minimum absolute atomic E-state index is 0.0281. The molecule has 0 aliphatic heterocycles. The second-order valence-electron chi connectivity index (χ2n) is 6.11. The highest BCUT2D eigenvalue weighted by atomic mass is 35.5. The zero-order valence-electron chi connectivity index (χ0n) is 14.4. The van der Waals surface area contributed by atoms with Crippen molar-refractivity contribution in [3.63, 3.8) is 0 Å². The number of nitrogens with zero attached hydrogens (tertiary/aromatic N) is 2. The summed E-state index contributed by atoms with van der Waals surface area (Å²) in [4.78, 5) is 20.6. The Bertz CT molecular complexity index is 809. The molecule has 0 saturated heterocycles. The van der Waals surface area contributed by atoms with Crippen LogP contribution in [0, 0.1) is 12.8 Å². The minimum Gasteiger partial charge on any atom is -0.370 e. The van der Waals surface area contributed by atoms with Gasteiger partial charge in [-0.15, -0.1) is 0 Å². The highest BCUT2D eigenvalue weighted by molar-refractivity contribution is 6.31. The van der Waals surface area contributed by atoms with Gasteiger partial charge in [-0.3, -0.25) is 4.79 Å². The molecule has 9 heteroatoms. The van der Waals surface area contributed by atoms with Crippen LogP contribution in [0.4, 0.5) is 24.7 Å². The van der Waals surface area contributed by atoms with Gasteiger partial charge in [-0.2, -0.15) is 13.2 Å². The summed E-state index contributed by atoms with van der Waals surface area (Å²) in [5, 5.41) is 5.05. The van der Waals surface area contributed by atoms with Crippen molar-refractivity contribution in [2.24, 2.45) is 5.92 Å². The monoisotopic (exact) mass is 386 g/mol. The Hall–Kier alpha value is -2.35. The van der Waals surface area contributed by atoms with Crippen LogP contribution in [-0.4, -0.2) is 22.4 Å². The number of benzene rings is 1. The van der Waals surface area contributed by atoms with Gasteiger partial charge in [0.1, 0.15) is 17.3 Å². The SMILES string of the molecule is Cc1nc(NCC(C)C)cc(C(=O)Nc2ccc(Cl)c(C(F)(F)F)c2)n1. The van der Waals surface area contributed by atoms with Crippen molar-refractivity contribution in [2.45, 2.75) is 26.9 Å². The van der Waals surface area contributed by atoms with Crippen LogP contribution in [0.2, 0.25) is 5.02 Å². The number of amides is 1. The van der Waals surface area contributed by atoms with E-state index in [0.717, 1.165) is 12.1 Å². The van der Waals surface area contributed by atoms with E-state index in [4.69, 9.17) is 11.6 Å². The van der Waals surface area contributed by atoms with Crippen molar-refractivity contribution in [1.29, 1.82) is 0 Å². The van der Waals surface area contributed by atoms with E-state index in [9.17, 15) is 18.0 Å². The third-order valence-corrected chi connectivity index (χ3v) is 3.62. The third kappa shape index (κ3) is 5.32. The summed E-state index contributed by atoms with van der Waals surface area (Å²) >= 11 is 5.57. The van der Waals surface area contributed by atoms with Gasteiger partial charge in [0.05, 0.1) is 10.6 Å². The molecule has 0 atom stereocenters. The first-order valence-electron chi connectivity index (χ1n) is 7.84. The average molecular weight is 387 g/mol. The number of hydrogen-bond acceptors (Lipinski definition) is 4. The molecule has 0 aliphatic carbocycles. The highest BCUT2D eigenvalue weighted by Crippen LogP contribution is 2.36. The maximum absolute atomic E-state index is 12.9. The molecule has 26 heavy (non-hydrogen) atoms. The van der Waals surface area contributed by atoms with Crippen LogP contribution in [0.1, 0.15) is 35.7 Å². The van der Waals surface area contributed by atoms with Crippen molar-refractivity contribution in [1.82, 2.24) is 9.97 Å². The fourth-order valence-corrected chi connectivity index (χ4v) is 2.32. The van der Waals surface area contributed by atoms with Crippen LogP contribution in [-0.2, 0) is 6.18 Å². The molecule has 0 fully saturated rings. The van der Waals surface area contributed by atoms with Crippen molar-refractivity contribution >= 4 is 29.0 Å². The summed E-state index contributed by atoms with van der Waals surface area (Å²) in [6.45, 7) is 6.33. The van der Waals surface area contributed by atoms with E-state index in [-0.39, 0.29) is 11.4 Å². The molecule has 1 heterocycles. The van der Waals surface area contributed by atoms with Gasteiger partial charge in [0.15, 0.2) is 0 Å². The lowest BCUT2D eigenvalue weighted by atomic mass is 10.2. The zero-order chi connectivity index (χ0) is 19.5. The predicted octanol–water partition coefficient (Wildman–Crippen LogP) is 4.78. The Morgan fingerprint density at radius 3 is 2.54 bits per heavy atom. The Morgan fingerprint density at radius 2 is 1.92 bits per heavy atom. The van der Waals surface area contributed by atoms with Crippen LogP contribution >= 0.6 is 11.6 Å². The van der Waals surface area contributed by atoms with Gasteiger partial charge >= 0.3 is 6.18 Å². The fraction of sp³-hybridized carbons (Fsp3) is 0.353. The molecule has 140 valence electrons. The standard InChI is InChI=1S/C17H18ClF3N4O/c1-9(2)8-22-15-7-14(23-10(3)24-15)16(26)25-11-4-5-13(18)12(6-11)17(19,20)21/h4-7,9H,8H2,1-3H3,(H,25,26)(H,22,23,24). The van der Waals surface area contributed by atoms with Crippen LogP contribution in [0.3, 0.4) is 0 Å². The van der Waals surface area contributed by atoms with Crippen LogP contribution in [0.5, 0.6) is 0 Å².